The second kappa shape index (κ2) is 11.5. The molecule has 17 heavy (non-hydrogen) atoms. The number of carbonyl (C=O) groups excluding carboxylic acids is 3. The van der Waals surface area contributed by atoms with Crippen LogP contribution in [0.15, 0.2) is 0 Å². The summed E-state index contributed by atoms with van der Waals surface area (Å²) in [6.45, 7) is 2.19. The zero-order chi connectivity index (χ0) is 12.9. The van der Waals surface area contributed by atoms with Gasteiger partial charge in [-0.2, -0.15) is 0 Å². The molecule has 0 heterocycles. The Kier molecular flexibility index (Phi) is 10.8. The van der Waals surface area contributed by atoms with Gasteiger partial charge in [-0.15, -0.1) is 0 Å². The van der Waals surface area contributed by atoms with Crippen LogP contribution in [0.4, 0.5) is 0 Å². The number of hydrogen-bond donors (Lipinski definition) is 0. The fourth-order valence-corrected chi connectivity index (χ4v) is 1.81. The van der Waals surface area contributed by atoms with Crippen molar-refractivity contribution in [1.29, 1.82) is 0 Å². The summed E-state index contributed by atoms with van der Waals surface area (Å²) in [7, 11) is 0. The second-order valence-corrected chi connectivity index (χ2v) is 4.48. The SMILES string of the molecule is CCCCCCCCCC(=O)C(C=O)CC=O. The van der Waals surface area contributed by atoms with E-state index in [-0.39, 0.29) is 12.2 Å². The number of unbranched alkanes of at least 4 members (excludes halogenated alkanes) is 6. The molecule has 0 spiro atoms. The summed E-state index contributed by atoms with van der Waals surface area (Å²) >= 11 is 0. The predicted molar refractivity (Wildman–Crippen MR) is 67.9 cm³/mol. The minimum Gasteiger partial charge on any atom is -0.303 e. The number of Topliss-reactive ketones (excluding diaryl/α,β-unsaturated/α-hetero) is 1. The van der Waals surface area contributed by atoms with Crippen molar-refractivity contribution in [3.05, 3.63) is 0 Å². The summed E-state index contributed by atoms with van der Waals surface area (Å²) in [6, 6.07) is 0. The monoisotopic (exact) mass is 240 g/mol. The van der Waals surface area contributed by atoms with E-state index in [2.05, 4.69) is 6.92 Å². The van der Waals surface area contributed by atoms with E-state index in [1.54, 1.807) is 0 Å². The van der Waals surface area contributed by atoms with Crippen LogP contribution in [0, 0.1) is 5.92 Å². The molecule has 0 saturated heterocycles. The first-order valence-electron chi connectivity index (χ1n) is 6.67. The van der Waals surface area contributed by atoms with Gasteiger partial charge in [-0.25, -0.2) is 0 Å². The molecule has 0 aromatic carbocycles. The summed E-state index contributed by atoms with van der Waals surface area (Å²) in [4.78, 5) is 32.3. The zero-order valence-electron chi connectivity index (χ0n) is 10.8. The molecule has 0 amide bonds. The predicted octanol–water partition coefficient (Wildman–Crippen LogP) is 3.10. The second-order valence-electron chi connectivity index (χ2n) is 4.48. The first-order chi connectivity index (χ1) is 8.26. The van der Waals surface area contributed by atoms with Gasteiger partial charge >= 0.3 is 0 Å². The van der Waals surface area contributed by atoms with Crippen molar-refractivity contribution in [3.8, 4) is 0 Å². The van der Waals surface area contributed by atoms with Gasteiger partial charge in [-0.05, 0) is 6.42 Å². The fraction of sp³-hybridized carbons (Fsp3) is 0.786. The standard InChI is InChI=1S/C14H24O3/c1-2-3-4-5-6-7-8-9-14(17)13(12-16)10-11-15/h11-13H,2-10H2,1H3. The number of rotatable bonds is 12. The number of hydrogen-bond acceptors (Lipinski definition) is 3. The summed E-state index contributed by atoms with van der Waals surface area (Å²) in [5.41, 5.74) is 0. The van der Waals surface area contributed by atoms with E-state index in [1.807, 2.05) is 0 Å². The highest BCUT2D eigenvalue weighted by Crippen LogP contribution is 2.11. The fourth-order valence-electron chi connectivity index (χ4n) is 1.81. The molecule has 0 aliphatic rings. The molecule has 1 atom stereocenters. The first kappa shape index (κ1) is 16.0. The third kappa shape index (κ3) is 8.78. The van der Waals surface area contributed by atoms with Gasteiger partial charge in [0.1, 0.15) is 18.4 Å². The Bertz CT molecular complexity index is 224. The van der Waals surface area contributed by atoms with Gasteiger partial charge in [0.05, 0.1) is 5.92 Å². The maximum absolute atomic E-state index is 11.5. The molecule has 0 bridgehead atoms. The van der Waals surface area contributed by atoms with E-state index >= 15 is 0 Å². The summed E-state index contributed by atoms with van der Waals surface area (Å²) in [5.74, 6) is -0.784. The summed E-state index contributed by atoms with van der Waals surface area (Å²) in [5, 5.41) is 0. The van der Waals surface area contributed by atoms with Gasteiger partial charge in [0.15, 0.2) is 0 Å². The lowest BCUT2D eigenvalue weighted by Gasteiger charge is -2.05. The highest BCUT2D eigenvalue weighted by Gasteiger charge is 2.15. The molecule has 0 radical (unpaired) electrons. The molecule has 0 aromatic heterocycles. The van der Waals surface area contributed by atoms with Crippen LogP contribution >= 0.6 is 0 Å². The maximum Gasteiger partial charge on any atom is 0.143 e. The lowest BCUT2D eigenvalue weighted by atomic mass is 9.97. The minimum atomic E-state index is -0.701. The van der Waals surface area contributed by atoms with Gasteiger partial charge in [-0.3, -0.25) is 4.79 Å². The van der Waals surface area contributed by atoms with Crippen LogP contribution in [-0.2, 0) is 14.4 Å². The molecule has 0 aliphatic carbocycles. The van der Waals surface area contributed by atoms with Crippen LogP contribution < -0.4 is 0 Å². The van der Waals surface area contributed by atoms with Gasteiger partial charge in [0, 0.05) is 12.8 Å². The molecule has 0 rings (SSSR count). The molecule has 0 N–H and O–H groups in total. The molecule has 1 unspecified atom stereocenters. The van der Waals surface area contributed by atoms with Crippen LogP contribution in [0.25, 0.3) is 0 Å². The van der Waals surface area contributed by atoms with Crippen LogP contribution in [0.2, 0.25) is 0 Å². The quantitative estimate of drug-likeness (QED) is 0.299. The Hall–Kier alpha value is -0.990. The largest absolute Gasteiger partial charge is 0.303 e. The smallest absolute Gasteiger partial charge is 0.143 e. The van der Waals surface area contributed by atoms with Crippen LogP contribution in [0.3, 0.4) is 0 Å². The van der Waals surface area contributed by atoms with Gasteiger partial charge < -0.3 is 9.59 Å². The molecule has 0 aliphatic heterocycles. The van der Waals surface area contributed by atoms with E-state index in [0.29, 0.717) is 19.0 Å². The van der Waals surface area contributed by atoms with Crippen LogP contribution in [0.1, 0.15) is 64.7 Å². The van der Waals surface area contributed by atoms with Crippen molar-refractivity contribution >= 4 is 18.4 Å². The zero-order valence-corrected chi connectivity index (χ0v) is 10.8. The van der Waals surface area contributed by atoms with Crippen LogP contribution in [0.5, 0.6) is 0 Å². The maximum atomic E-state index is 11.5. The van der Waals surface area contributed by atoms with Crippen molar-refractivity contribution in [2.24, 2.45) is 5.92 Å². The molecule has 0 fully saturated rings. The highest BCUT2D eigenvalue weighted by atomic mass is 16.1. The van der Waals surface area contributed by atoms with Crippen molar-refractivity contribution in [2.45, 2.75) is 64.7 Å². The number of ketones is 1. The van der Waals surface area contributed by atoms with E-state index in [4.69, 9.17) is 0 Å². The van der Waals surface area contributed by atoms with Crippen molar-refractivity contribution < 1.29 is 14.4 Å². The number of aldehydes is 2. The number of carbonyl (C=O) groups is 3. The van der Waals surface area contributed by atoms with Gasteiger partial charge in [-0.1, -0.05) is 45.4 Å². The Balaban J connectivity index is 3.49. The topological polar surface area (TPSA) is 51.2 Å². The average molecular weight is 240 g/mol. The summed E-state index contributed by atoms with van der Waals surface area (Å²) < 4.78 is 0. The minimum absolute atomic E-state index is 0.0405. The molecule has 3 heteroatoms. The lowest BCUT2D eigenvalue weighted by molar-refractivity contribution is -0.129. The lowest BCUT2D eigenvalue weighted by Crippen LogP contribution is -2.16. The molecule has 98 valence electrons. The molecular formula is C14H24O3. The van der Waals surface area contributed by atoms with Crippen molar-refractivity contribution in [1.82, 2.24) is 0 Å². The van der Waals surface area contributed by atoms with Gasteiger partial charge in [0.2, 0.25) is 0 Å². The van der Waals surface area contributed by atoms with E-state index < -0.39 is 5.92 Å². The Morgan fingerprint density at radius 2 is 1.59 bits per heavy atom. The normalized spacial score (nSPS) is 12.1. The Morgan fingerprint density at radius 1 is 1.00 bits per heavy atom. The third-order valence-corrected chi connectivity index (χ3v) is 2.95. The van der Waals surface area contributed by atoms with E-state index in [9.17, 15) is 14.4 Å². The Labute approximate surface area is 104 Å². The molecule has 3 nitrogen and oxygen atoms in total. The average Bonchev–Trinajstić information content (AvgIpc) is 2.34. The van der Waals surface area contributed by atoms with Crippen molar-refractivity contribution in [3.63, 3.8) is 0 Å². The Morgan fingerprint density at radius 3 is 2.12 bits per heavy atom. The highest BCUT2D eigenvalue weighted by molar-refractivity contribution is 5.94. The third-order valence-electron chi connectivity index (χ3n) is 2.95. The molecular weight excluding hydrogens is 216 g/mol. The molecule has 0 aromatic rings. The van der Waals surface area contributed by atoms with E-state index in [0.717, 1.165) is 19.3 Å². The van der Waals surface area contributed by atoms with E-state index in [1.165, 1.54) is 25.7 Å². The van der Waals surface area contributed by atoms with Crippen LogP contribution in [-0.4, -0.2) is 18.4 Å². The van der Waals surface area contributed by atoms with Gasteiger partial charge in [0.25, 0.3) is 0 Å². The molecule has 0 saturated carbocycles. The first-order valence-corrected chi connectivity index (χ1v) is 6.67. The summed E-state index contributed by atoms with van der Waals surface area (Å²) in [6.07, 6.45) is 9.78. The van der Waals surface area contributed by atoms with Crippen molar-refractivity contribution in [2.75, 3.05) is 0 Å².